The van der Waals surface area contributed by atoms with E-state index in [0.717, 1.165) is 56.6 Å². The van der Waals surface area contributed by atoms with Crippen LogP contribution in [0.3, 0.4) is 0 Å². The van der Waals surface area contributed by atoms with Crippen molar-refractivity contribution >= 4 is 27.4 Å². The highest BCUT2D eigenvalue weighted by molar-refractivity contribution is 7.93. The molecule has 2 aliphatic carbocycles. The third-order valence-corrected chi connectivity index (χ3v) is 15.3. The molecule has 11 heteroatoms. The molecule has 10 nitrogen and oxygen atoms in total. The highest BCUT2D eigenvalue weighted by Gasteiger charge is 2.44. The number of allylic oxidation sites excluding steroid dienone is 1. The van der Waals surface area contributed by atoms with E-state index in [0.29, 0.717) is 56.5 Å². The first-order chi connectivity index (χ1) is 25.4. The topological polar surface area (TPSA) is 116 Å². The van der Waals surface area contributed by atoms with Crippen LogP contribution in [0.2, 0.25) is 0 Å². The zero-order valence-electron chi connectivity index (χ0n) is 32.1. The van der Waals surface area contributed by atoms with Gasteiger partial charge in [0.25, 0.3) is 11.8 Å². The molecule has 53 heavy (non-hydrogen) atoms. The van der Waals surface area contributed by atoms with Gasteiger partial charge in [-0.25, -0.2) is 4.21 Å². The summed E-state index contributed by atoms with van der Waals surface area (Å²) in [5.74, 6) is 0.127. The van der Waals surface area contributed by atoms with E-state index in [9.17, 15) is 13.8 Å². The van der Waals surface area contributed by atoms with E-state index in [1.807, 2.05) is 26.0 Å². The number of nitrogens with zero attached hydrogens (tertiary/aromatic N) is 2. The zero-order valence-corrected chi connectivity index (χ0v) is 32.9. The van der Waals surface area contributed by atoms with Crippen molar-refractivity contribution < 1.29 is 32.7 Å². The number of hydrogen-bond donors (Lipinski definition) is 1. The average molecular weight is 748 g/mol. The second-order valence-electron chi connectivity index (χ2n) is 16.5. The van der Waals surface area contributed by atoms with E-state index >= 15 is 0 Å². The fourth-order valence-corrected chi connectivity index (χ4v) is 10.9. The number of fused-ring (bicyclic) bond motifs is 4. The molecule has 7 atom stereocenters. The lowest BCUT2D eigenvalue weighted by molar-refractivity contribution is -0.138. The van der Waals surface area contributed by atoms with E-state index in [2.05, 4.69) is 51.3 Å². The Bertz CT molecular complexity index is 1850. The van der Waals surface area contributed by atoms with E-state index in [-0.39, 0.29) is 24.0 Å². The molecule has 1 saturated carbocycles. The molecular weight excluding hydrogens is 691 g/mol. The lowest BCUT2D eigenvalue weighted by atomic mass is 9.68. The van der Waals surface area contributed by atoms with Gasteiger partial charge in [-0.3, -0.25) is 14.3 Å². The van der Waals surface area contributed by atoms with Crippen LogP contribution in [0, 0.1) is 24.7 Å². The molecule has 2 fully saturated rings. The van der Waals surface area contributed by atoms with Crippen LogP contribution in [-0.2, 0) is 40.8 Å². The van der Waals surface area contributed by atoms with Crippen LogP contribution in [0.4, 0.5) is 5.69 Å². The number of rotatable bonds is 5. The fourth-order valence-electron chi connectivity index (χ4n) is 9.03. The van der Waals surface area contributed by atoms with Crippen molar-refractivity contribution in [3.05, 3.63) is 70.8 Å². The lowest BCUT2D eigenvalue weighted by Gasteiger charge is -2.46. The summed E-state index contributed by atoms with van der Waals surface area (Å²) < 4.78 is 46.2. The minimum Gasteiger partial charge on any atom is -0.490 e. The van der Waals surface area contributed by atoms with E-state index in [4.69, 9.17) is 18.9 Å². The van der Waals surface area contributed by atoms with Crippen molar-refractivity contribution in [3.8, 4) is 5.75 Å². The number of ether oxygens (including phenoxy) is 4. The Labute approximate surface area is 315 Å². The summed E-state index contributed by atoms with van der Waals surface area (Å²) >= 11 is 0. The van der Waals surface area contributed by atoms with Gasteiger partial charge in [0.05, 0.1) is 29.2 Å². The van der Waals surface area contributed by atoms with Crippen LogP contribution < -0.4 is 14.4 Å². The second-order valence-corrected chi connectivity index (χ2v) is 18.8. The number of carbonyl (C=O) groups is 2. The molecule has 3 heterocycles. The van der Waals surface area contributed by atoms with Gasteiger partial charge in [-0.15, -0.1) is 4.36 Å². The number of nitrogens with one attached hydrogen (secondary N) is 1. The molecule has 2 bridgehead atoms. The monoisotopic (exact) mass is 747 g/mol. The SMILES string of the molecule is CO[C@H]1/C=C/C[C@H](C)[C@@H](C)S(=O)(NC(=O)COC2(C)CCOCC2)=NC(=O)c2ccc3c(c2)N(C[C@@H]2CC[C@H]21)C[C@@]1(CCCc2cc(C)ccc21)CO3. The molecular formula is C42H57N3O7S. The van der Waals surface area contributed by atoms with Gasteiger partial charge in [0.15, 0.2) is 0 Å². The van der Waals surface area contributed by atoms with Gasteiger partial charge in [0, 0.05) is 44.4 Å². The molecule has 7 rings (SSSR count). The molecule has 288 valence electrons. The van der Waals surface area contributed by atoms with Crippen molar-refractivity contribution in [1.82, 2.24) is 4.72 Å². The number of amides is 2. The highest BCUT2D eigenvalue weighted by atomic mass is 32.2. The number of anilines is 1. The molecule has 0 radical (unpaired) electrons. The third kappa shape index (κ3) is 7.95. The minimum absolute atomic E-state index is 0.0513. The Morgan fingerprint density at radius 1 is 1.11 bits per heavy atom. The Kier molecular flexibility index (Phi) is 11.1. The van der Waals surface area contributed by atoms with Gasteiger partial charge in [0.2, 0.25) is 0 Å². The first kappa shape index (κ1) is 38.0. The minimum atomic E-state index is -3.58. The van der Waals surface area contributed by atoms with E-state index < -0.39 is 32.6 Å². The van der Waals surface area contributed by atoms with Crippen LogP contribution in [0.1, 0.15) is 92.8 Å². The predicted molar refractivity (Wildman–Crippen MR) is 207 cm³/mol. The molecule has 1 saturated heterocycles. The Balaban J connectivity index is 1.26. The van der Waals surface area contributed by atoms with Crippen LogP contribution in [-0.4, -0.2) is 79.6 Å². The number of methoxy groups -OCH3 is 1. The maximum absolute atomic E-state index is 14.8. The first-order valence-electron chi connectivity index (χ1n) is 19.5. The van der Waals surface area contributed by atoms with Crippen molar-refractivity contribution in [2.24, 2.45) is 22.1 Å². The van der Waals surface area contributed by atoms with E-state index in [1.54, 1.807) is 20.1 Å². The Hall–Kier alpha value is -3.25. The van der Waals surface area contributed by atoms with Gasteiger partial charge in [-0.2, -0.15) is 0 Å². The Morgan fingerprint density at radius 3 is 2.68 bits per heavy atom. The van der Waals surface area contributed by atoms with Gasteiger partial charge < -0.3 is 23.8 Å². The van der Waals surface area contributed by atoms with Crippen molar-refractivity contribution in [1.29, 1.82) is 0 Å². The highest BCUT2D eigenvalue weighted by Crippen LogP contribution is 2.47. The number of benzene rings is 2. The molecule has 1 spiro atoms. The molecule has 1 N–H and O–H groups in total. The summed E-state index contributed by atoms with van der Waals surface area (Å²) in [6, 6.07) is 12.3. The van der Waals surface area contributed by atoms with Gasteiger partial charge in [0.1, 0.15) is 22.3 Å². The molecule has 3 aliphatic heterocycles. The largest absolute Gasteiger partial charge is 0.490 e. The molecule has 1 unspecified atom stereocenters. The van der Waals surface area contributed by atoms with E-state index in [1.165, 1.54) is 16.7 Å². The van der Waals surface area contributed by atoms with Gasteiger partial charge >= 0.3 is 0 Å². The van der Waals surface area contributed by atoms with Crippen molar-refractivity contribution in [2.75, 3.05) is 51.5 Å². The van der Waals surface area contributed by atoms with Gasteiger partial charge in [-0.05, 0) is 119 Å². The summed E-state index contributed by atoms with van der Waals surface area (Å²) in [5.41, 5.74) is 4.47. The molecule has 2 aromatic carbocycles. The molecule has 0 aromatic heterocycles. The third-order valence-electron chi connectivity index (χ3n) is 12.8. The molecule has 2 aromatic rings. The predicted octanol–water partition coefficient (Wildman–Crippen LogP) is 6.72. The number of carbonyl (C=O) groups excluding carboxylic acids is 2. The standard InChI is InChI=1S/C42H57N3O7S/c1-28-11-15-35-31(22-28)9-7-17-42(35)26-45-24-33-12-14-34(33)37(49-5)10-6-8-29(2)30(3)53(48,43-39(46)25-52-41(4)18-20-50-21-19-41)44-40(47)32-13-16-38(51-27-42)36(45)23-32/h6,10-11,13,15-16,22-23,29-30,33-34,37H,7-9,12,14,17-21,24-27H2,1-5H3,(H,43,44,46,47,48)/b10-6+/t29-,30+,33-,34+,37-,42-,53?/m0/s1. The average Bonchev–Trinajstić information content (AvgIpc) is 3.28. The van der Waals surface area contributed by atoms with Crippen LogP contribution in [0.25, 0.3) is 0 Å². The normalized spacial score (nSPS) is 33.3. The first-order valence-corrected chi connectivity index (χ1v) is 21.1. The second kappa shape index (κ2) is 15.5. The fraction of sp³-hybridized carbons (Fsp3) is 0.619. The molecule has 5 aliphatic rings. The number of hydrogen-bond acceptors (Lipinski definition) is 8. The quantitative estimate of drug-likeness (QED) is 0.336. The Morgan fingerprint density at radius 2 is 1.92 bits per heavy atom. The summed E-state index contributed by atoms with van der Waals surface area (Å²) in [4.78, 5) is 30.0. The maximum atomic E-state index is 14.8. The lowest BCUT2D eigenvalue weighted by Crippen LogP contribution is -2.49. The van der Waals surface area contributed by atoms with Crippen molar-refractivity contribution in [3.63, 3.8) is 0 Å². The summed E-state index contributed by atoms with van der Waals surface area (Å²) in [6.07, 6.45) is 11.5. The van der Waals surface area contributed by atoms with Crippen LogP contribution >= 0.6 is 0 Å². The zero-order chi connectivity index (χ0) is 37.4. The molecule has 2 amide bonds. The number of aryl methyl sites for hydroxylation is 2. The smallest absolute Gasteiger partial charge is 0.286 e. The van der Waals surface area contributed by atoms with Gasteiger partial charge in [-0.1, -0.05) is 42.8 Å². The van der Waals surface area contributed by atoms with Crippen molar-refractivity contribution in [2.45, 2.75) is 101 Å². The summed E-state index contributed by atoms with van der Waals surface area (Å²) in [5, 5.41) is -0.639. The van der Waals surface area contributed by atoms with Crippen LogP contribution in [0.5, 0.6) is 5.75 Å². The maximum Gasteiger partial charge on any atom is 0.286 e. The summed E-state index contributed by atoms with van der Waals surface area (Å²) in [7, 11) is -1.80. The summed E-state index contributed by atoms with van der Waals surface area (Å²) in [6.45, 7) is 10.8. The van der Waals surface area contributed by atoms with Crippen LogP contribution in [0.15, 0.2) is 52.9 Å².